The van der Waals surface area contributed by atoms with Gasteiger partial charge >= 0.3 is 0 Å². The maximum Gasteiger partial charge on any atom is 0.127 e. The highest BCUT2D eigenvalue weighted by Crippen LogP contribution is 2.21. The Morgan fingerprint density at radius 3 is 2.72 bits per heavy atom. The second kappa shape index (κ2) is 7.77. The summed E-state index contributed by atoms with van der Waals surface area (Å²) in [7, 11) is 0. The van der Waals surface area contributed by atoms with E-state index in [2.05, 4.69) is 0 Å². The summed E-state index contributed by atoms with van der Waals surface area (Å²) in [4.78, 5) is 0. The Morgan fingerprint density at radius 1 is 1.39 bits per heavy atom. The molecule has 0 aliphatic rings. The van der Waals surface area contributed by atoms with E-state index in [1.54, 1.807) is 18.2 Å². The molecule has 2 unspecified atom stereocenters. The number of benzene rings is 1. The number of aliphatic hydroxyl groups is 2. The van der Waals surface area contributed by atoms with Crippen LogP contribution in [0, 0.1) is 17.1 Å². The van der Waals surface area contributed by atoms with E-state index < -0.39 is 17.8 Å². The van der Waals surface area contributed by atoms with Gasteiger partial charge in [0, 0.05) is 12.2 Å². The summed E-state index contributed by atoms with van der Waals surface area (Å²) in [5.41, 5.74) is 0.353. The summed E-state index contributed by atoms with van der Waals surface area (Å²) in [5, 5.41) is 26.6. The molecule has 0 radical (unpaired) electrons. The number of rotatable bonds is 7. The SMILES string of the molecule is N#CC(CCOCC(O)CO)c1ccccc1F. The van der Waals surface area contributed by atoms with Gasteiger partial charge in [0.2, 0.25) is 0 Å². The van der Waals surface area contributed by atoms with Gasteiger partial charge in [-0.1, -0.05) is 18.2 Å². The van der Waals surface area contributed by atoms with Crippen molar-refractivity contribution in [3.05, 3.63) is 35.6 Å². The number of hydrogen-bond donors (Lipinski definition) is 2. The molecule has 98 valence electrons. The summed E-state index contributed by atoms with van der Waals surface area (Å²) < 4.78 is 18.6. The smallest absolute Gasteiger partial charge is 0.127 e. The van der Waals surface area contributed by atoms with Crippen molar-refractivity contribution in [2.45, 2.75) is 18.4 Å². The molecule has 0 spiro atoms. The van der Waals surface area contributed by atoms with Gasteiger partial charge in [0.1, 0.15) is 11.9 Å². The largest absolute Gasteiger partial charge is 0.394 e. The molecule has 2 atom stereocenters. The third kappa shape index (κ3) is 4.41. The van der Waals surface area contributed by atoms with Crippen molar-refractivity contribution in [2.24, 2.45) is 0 Å². The molecule has 1 rings (SSSR count). The third-order valence-corrected chi connectivity index (χ3v) is 2.51. The van der Waals surface area contributed by atoms with E-state index in [4.69, 9.17) is 20.2 Å². The zero-order chi connectivity index (χ0) is 13.4. The number of nitrogens with zero attached hydrogens (tertiary/aromatic N) is 1. The van der Waals surface area contributed by atoms with Crippen molar-refractivity contribution in [3.63, 3.8) is 0 Å². The lowest BCUT2D eigenvalue weighted by molar-refractivity contribution is 0.00516. The summed E-state index contributed by atoms with van der Waals surface area (Å²) in [5.74, 6) is -0.975. The first-order valence-electron chi connectivity index (χ1n) is 5.69. The minimum Gasteiger partial charge on any atom is -0.394 e. The average Bonchev–Trinajstić information content (AvgIpc) is 2.40. The Morgan fingerprint density at radius 2 is 2.11 bits per heavy atom. The van der Waals surface area contributed by atoms with E-state index >= 15 is 0 Å². The molecule has 0 saturated heterocycles. The van der Waals surface area contributed by atoms with Crippen molar-refractivity contribution < 1.29 is 19.3 Å². The summed E-state index contributed by atoms with van der Waals surface area (Å²) >= 11 is 0. The molecular formula is C13H16FNO3. The topological polar surface area (TPSA) is 73.5 Å². The van der Waals surface area contributed by atoms with Gasteiger partial charge in [-0.3, -0.25) is 0 Å². The molecule has 0 aliphatic heterocycles. The van der Waals surface area contributed by atoms with E-state index in [0.717, 1.165) is 0 Å². The van der Waals surface area contributed by atoms with Crippen LogP contribution in [-0.4, -0.2) is 36.1 Å². The van der Waals surface area contributed by atoms with Gasteiger partial charge < -0.3 is 14.9 Å². The number of ether oxygens (including phenoxy) is 1. The highest BCUT2D eigenvalue weighted by molar-refractivity contribution is 5.26. The van der Waals surface area contributed by atoms with Crippen LogP contribution in [0.2, 0.25) is 0 Å². The quantitative estimate of drug-likeness (QED) is 0.716. The second-order valence-electron chi connectivity index (χ2n) is 3.90. The van der Waals surface area contributed by atoms with Gasteiger partial charge in [0.25, 0.3) is 0 Å². The molecule has 0 heterocycles. The Labute approximate surface area is 105 Å². The Bertz CT molecular complexity index is 405. The number of hydrogen-bond acceptors (Lipinski definition) is 4. The second-order valence-corrected chi connectivity index (χ2v) is 3.90. The van der Waals surface area contributed by atoms with Crippen LogP contribution in [0.5, 0.6) is 0 Å². The van der Waals surface area contributed by atoms with Crippen molar-refractivity contribution in [1.29, 1.82) is 5.26 Å². The van der Waals surface area contributed by atoms with E-state index in [9.17, 15) is 4.39 Å². The predicted molar refractivity (Wildman–Crippen MR) is 63.3 cm³/mol. The molecule has 1 aromatic rings. The van der Waals surface area contributed by atoms with E-state index in [1.165, 1.54) is 6.07 Å². The van der Waals surface area contributed by atoms with Crippen molar-refractivity contribution in [3.8, 4) is 6.07 Å². The number of nitriles is 1. The lowest BCUT2D eigenvalue weighted by Gasteiger charge is -2.12. The molecule has 2 N–H and O–H groups in total. The summed E-state index contributed by atoms with van der Waals surface area (Å²) in [6.45, 7) is -0.134. The average molecular weight is 253 g/mol. The van der Waals surface area contributed by atoms with Gasteiger partial charge in [-0.05, 0) is 12.5 Å². The zero-order valence-electron chi connectivity index (χ0n) is 9.92. The molecule has 5 heteroatoms. The Balaban J connectivity index is 2.44. The first kappa shape index (κ1) is 14.6. The van der Waals surface area contributed by atoms with Crippen LogP contribution in [0.1, 0.15) is 17.9 Å². The van der Waals surface area contributed by atoms with Gasteiger partial charge in [-0.25, -0.2) is 4.39 Å². The van der Waals surface area contributed by atoms with Crippen LogP contribution in [0.3, 0.4) is 0 Å². The van der Waals surface area contributed by atoms with Crippen LogP contribution >= 0.6 is 0 Å². The fraction of sp³-hybridized carbons (Fsp3) is 0.462. The third-order valence-electron chi connectivity index (χ3n) is 2.51. The van der Waals surface area contributed by atoms with E-state index in [-0.39, 0.29) is 19.8 Å². The first-order chi connectivity index (χ1) is 8.69. The van der Waals surface area contributed by atoms with Gasteiger partial charge in [-0.15, -0.1) is 0 Å². The minimum absolute atomic E-state index is 0.00587. The monoisotopic (exact) mass is 253 g/mol. The van der Waals surface area contributed by atoms with Gasteiger partial charge in [-0.2, -0.15) is 5.26 Å². The van der Waals surface area contributed by atoms with Crippen molar-refractivity contribution >= 4 is 0 Å². The number of aliphatic hydroxyl groups excluding tert-OH is 2. The molecule has 0 aromatic heterocycles. The maximum absolute atomic E-state index is 13.5. The van der Waals surface area contributed by atoms with Crippen molar-refractivity contribution in [1.82, 2.24) is 0 Å². The molecule has 0 fully saturated rings. The standard InChI is InChI=1S/C13H16FNO3/c14-13-4-2-1-3-12(13)10(7-15)5-6-18-9-11(17)8-16/h1-4,10-11,16-17H,5-6,8-9H2. The summed E-state index contributed by atoms with van der Waals surface area (Å²) in [6, 6.07) is 8.17. The van der Waals surface area contributed by atoms with Crippen LogP contribution < -0.4 is 0 Å². The molecular weight excluding hydrogens is 237 g/mol. The molecule has 0 saturated carbocycles. The van der Waals surface area contributed by atoms with Crippen LogP contribution in [0.4, 0.5) is 4.39 Å². The van der Waals surface area contributed by atoms with Crippen LogP contribution in [-0.2, 0) is 4.74 Å². The van der Waals surface area contributed by atoms with Crippen LogP contribution in [0.15, 0.2) is 24.3 Å². The van der Waals surface area contributed by atoms with Gasteiger partial charge in [0.15, 0.2) is 0 Å². The molecule has 18 heavy (non-hydrogen) atoms. The number of halogens is 1. The highest BCUT2D eigenvalue weighted by Gasteiger charge is 2.14. The first-order valence-corrected chi connectivity index (χ1v) is 5.69. The molecule has 0 amide bonds. The Hall–Kier alpha value is -1.48. The van der Waals surface area contributed by atoms with E-state index in [1.807, 2.05) is 6.07 Å². The van der Waals surface area contributed by atoms with E-state index in [0.29, 0.717) is 12.0 Å². The highest BCUT2D eigenvalue weighted by atomic mass is 19.1. The zero-order valence-corrected chi connectivity index (χ0v) is 9.92. The lowest BCUT2D eigenvalue weighted by Crippen LogP contribution is -2.20. The minimum atomic E-state index is -0.918. The van der Waals surface area contributed by atoms with Gasteiger partial charge in [0.05, 0.1) is 25.2 Å². The molecule has 4 nitrogen and oxygen atoms in total. The normalized spacial score (nSPS) is 13.9. The predicted octanol–water partition coefficient (Wildman–Crippen LogP) is 1.19. The molecule has 0 bridgehead atoms. The fourth-order valence-electron chi connectivity index (χ4n) is 1.52. The van der Waals surface area contributed by atoms with Crippen LogP contribution in [0.25, 0.3) is 0 Å². The summed E-state index contributed by atoms with van der Waals surface area (Å²) in [6.07, 6.45) is -0.575. The lowest BCUT2D eigenvalue weighted by atomic mass is 9.97. The molecule has 0 aliphatic carbocycles. The maximum atomic E-state index is 13.5. The Kier molecular flexibility index (Phi) is 6.29. The van der Waals surface area contributed by atoms with Crippen molar-refractivity contribution in [2.75, 3.05) is 19.8 Å². The fourth-order valence-corrected chi connectivity index (χ4v) is 1.52. The molecule has 1 aromatic carbocycles.